The third-order valence-corrected chi connectivity index (χ3v) is 2.03. The summed E-state index contributed by atoms with van der Waals surface area (Å²) in [5.74, 6) is -0.736. The van der Waals surface area contributed by atoms with Crippen molar-refractivity contribution in [2.45, 2.75) is 12.2 Å². The average molecular weight is 214 g/mol. The Bertz CT molecular complexity index is 353. The Labute approximate surface area is 85.6 Å². The molecule has 3 N–H and O–H groups in total. The van der Waals surface area contributed by atoms with E-state index in [0.29, 0.717) is 6.29 Å². The highest BCUT2D eigenvalue weighted by Crippen LogP contribution is 2.21. The number of aliphatic hydroxyl groups excluding tert-OH is 3. The number of halogens is 1. The maximum atomic E-state index is 13.2. The monoisotopic (exact) mass is 214 g/mol. The second kappa shape index (κ2) is 4.97. The van der Waals surface area contributed by atoms with Crippen LogP contribution in [0.2, 0.25) is 0 Å². The van der Waals surface area contributed by atoms with Gasteiger partial charge in [0.2, 0.25) is 0 Å². The molecule has 4 nitrogen and oxygen atoms in total. The van der Waals surface area contributed by atoms with Crippen LogP contribution in [0.5, 0.6) is 0 Å². The Morgan fingerprint density at radius 3 is 2.60 bits per heavy atom. The van der Waals surface area contributed by atoms with Crippen LogP contribution in [0.25, 0.3) is 0 Å². The first kappa shape index (κ1) is 11.8. The number of aliphatic hydroxyl groups is 3. The molecule has 5 heteroatoms. The van der Waals surface area contributed by atoms with E-state index in [1.165, 1.54) is 6.07 Å². The Morgan fingerprint density at radius 1 is 1.40 bits per heavy atom. The number of benzene rings is 1. The molecule has 1 aromatic rings. The Morgan fingerprint density at radius 2 is 2.07 bits per heavy atom. The van der Waals surface area contributed by atoms with Gasteiger partial charge in [-0.3, -0.25) is 4.79 Å². The van der Waals surface area contributed by atoms with Crippen LogP contribution in [0.3, 0.4) is 0 Å². The molecular formula is C10H11FO4. The summed E-state index contributed by atoms with van der Waals surface area (Å²) in [6, 6.07) is 3.40. The minimum Gasteiger partial charge on any atom is -0.394 e. The molecule has 15 heavy (non-hydrogen) atoms. The number of carbonyl (C=O) groups is 1. The lowest BCUT2D eigenvalue weighted by atomic mass is 10.0. The van der Waals surface area contributed by atoms with Gasteiger partial charge in [0.05, 0.1) is 6.61 Å². The molecule has 0 saturated carbocycles. The number of aldehydes is 1. The summed E-state index contributed by atoms with van der Waals surface area (Å²) in [5.41, 5.74) is -0.0169. The van der Waals surface area contributed by atoms with Crippen LogP contribution in [-0.4, -0.2) is 34.3 Å². The molecule has 2 unspecified atom stereocenters. The third kappa shape index (κ3) is 2.59. The van der Waals surface area contributed by atoms with Gasteiger partial charge in [-0.05, 0) is 18.2 Å². The van der Waals surface area contributed by atoms with E-state index in [1.807, 2.05) is 0 Å². The SMILES string of the molecule is O=Cc1ccc(F)c(C(O)C(O)CO)c1. The van der Waals surface area contributed by atoms with Crippen molar-refractivity contribution < 1.29 is 24.5 Å². The lowest BCUT2D eigenvalue weighted by molar-refractivity contribution is -0.0168. The van der Waals surface area contributed by atoms with E-state index in [2.05, 4.69) is 0 Å². The summed E-state index contributed by atoms with van der Waals surface area (Å²) in [6.45, 7) is -0.689. The summed E-state index contributed by atoms with van der Waals surface area (Å²) in [5, 5.41) is 27.1. The van der Waals surface area contributed by atoms with Crippen molar-refractivity contribution in [3.05, 3.63) is 35.1 Å². The zero-order valence-electron chi connectivity index (χ0n) is 7.80. The molecule has 0 aliphatic rings. The van der Waals surface area contributed by atoms with E-state index in [0.717, 1.165) is 12.1 Å². The summed E-state index contributed by atoms with van der Waals surface area (Å²) < 4.78 is 13.2. The van der Waals surface area contributed by atoms with Crippen molar-refractivity contribution in [1.82, 2.24) is 0 Å². The van der Waals surface area contributed by atoms with E-state index < -0.39 is 24.6 Å². The van der Waals surface area contributed by atoms with Gasteiger partial charge in [-0.15, -0.1) is 0 Å². The standard InChI is InChI=1S/C10H11FO4/c11-8-2-1-6(4-12)3-7(8)10(15)9(14)5-13/h1-4,9-10,13-15H,5H2. The predicted molar refractivity (Wildman–Crippen MR) is 49.8 cm³/mol. The lowest BCUT2D eigenvalue weighted by Gasteiger charge is -2.16. The van der Waals surface area contributed by atoms with Crippen molar-refractivity contribution in [2.75, 3.05) is 6.61 Å². The van der Waals surface area contributed by atoms with Gasteiger partial charge in [-0.1, -0.05) is 0 Å². The number of carbonyl (C=O) groups excluding carboxylic acids is 1. The van der Waals surface area contributed by atoms with Gasteiger partial charge in [0, 0.05) is 11.1 Å². The second-order valence-corrected chi connectivity index (χ2v) is 3.09. The van der Waals surface area contributed by atoms with E-state index in [4.69, 9.17) is 10.2 Å². The molecule has 0 aliphatic carbocycles. The van der Waals surface area contributed by atoms with E-state index in [9.17, 15) is 14.3 Å². The van der Waals surface area contributed by atoms with Crippen molar-refractivity contribution in [1.29, 1.82) is 0 Å². The molecule has 0 fully saturated rings. The molecule has 0 amide bonds. The summed E-state index contributed by atoms with van der Waals surface area (Å²) in [6.07, 6.45) is -2.52. The van der Waals surface area contributed by atoms with Crippen LogP contribution < -0.4 is 0 Å². The van der Waals surface area contributed by atoms with Crippen molar-refractivity contribution in [3.63, 3.8) is 0 Å². The second-order valence-electron chi connectivity index (χ2n) is 3.09. The predicted octanol–water partition coefficient (Wildman–Crippen LogP) is 0.0248. The fourth-order valence-corrected chi connectivity index (χ4v) is 1.17. The number of hydrogen-bond donors (Lipinski definition) is 3. The highest BCUT2D eigenvalue weighted by molar-refractivity contribution is 5.75. The molecule has 0 bridgehead atoms. The molecule has 1 aromatic carbocycles. The number of rotatable bonds is 4. The normalized spacial score (nSPS) is 14.7. The molecule has 1 rings (SSSR count). The van der Waals surface area contributed by atoms with E-state index in [-0.39, 0.29) is 11.1 Å². The quantitative estimate of drug-likeness (QED) is 0.618. The molecule has 0 heterocycles. The largest absolute Gasteiger partial charge is 0.394 e. The zero-order valence-corrected chi connectivity index (χ0v) is 7.80. The van der Waals surface area contributed by atoms with Gasteiger partial charge in [-0.2, -0.15) is 0 Å². The summed E-state index contributed by atoms with van der Waals surface area (Å²) >= 11 is 0. The van der Waals surface area contributed by atoms with Crippen molar-refractivity contribution in [3.8, 4) is 0 Å². The molecule has 2 atom stereocenters. The maximum Gasteiger partial charge on any atom is 0.150 e. The minimum absolute atomic E-state index is 0.190. The maximum absolute atomic E-state index is 13.2. The highest BCUT2D eigenvalue weighted by Gasteiger charge is 2.21. The molecule has 0 spiro atoms. The molecule has 0 saturated heterocycles. The topological polar surface area (TPSA) is 77.8 Å². The van der Waals surface area contributed by atoms with Gasteiger partial charge < -0.3 is 15.3 Å². The molecule has 0 aromatic heterocycles. The van der Waals surface area contributed by atoms with Gasteiger partial charge in [0.15, 0.2) is 0 Å². The fraction of sp³-hybridized carbons (Fsp3) is 0.300. The third-order valence-electron chi connectivity index (χ3n) is 2.03. The van der Waals surface area contributed by atoms with E-state index >= 15 is 0 Å². The van der Waals surface area contributed by atoms with Crippen molar-refractivity contribution >= 4 is 6.29 Å². The van der Waals surface area contributed by atoms with Crippen LogP contribution in [-0.2, 0) is 0 Å². The molecular weight excluding hydrogens is 203 g/mol. The Hall–Kier alpha value is -1.30. The minimum atomic E-state index is -1.55. The van der Waals surface area contributed by atoms with Gasteiger partial charge in [-0.25, -0.2) is 4.39 Å². The smallest absolute Gasteiger partial charge is 0.150 e. The zero-order chi connectivity index (χ0) is 11.4. The highest BCUT2D eigenvalue weighted by atomic mass is 19.1. The van der Waals surface area contributed by atoms with Gasteiger partial charge >= 0.3 is 0 Å². The molecule has 0 aliphatic heterocycles. The van der Waals surface area contributed by atoms with Crippen LogP contribution in [0.4, 0.5) is 4.39 Å². The molecule has 0 radical (unpaired) electrons. The Balaban J connectivity index is 3.06. The summed E-state index contributed by atoms with van der Waals surface area (Å²) in [7, 11) is 0. The van der Waals surface area contributed by atoms with Crippen LogP contribution in [0.15, 0.2) is 18.2 Å². The Kier molecular flexibility index (Phi) is 3.90. The van der Waals surface area contributed by atoms with Crippen LogP contribution in [0.1, 0.15) is 22.0 Å². The van der Waals surface area contributed by atoms with Gasteiger partial charge in [0.1, 0.15) is 24.3 Å². The molecule has 82 valence electrons. The van der Waals surface area contributed by atoms with Crippen LogP contribution >= 0.6 is 0 Å². The lowest BCUT2D eigenvalue weighted by Crippen LogP contribution is -2.23. The average Bonchev–Trinajstić information content (AvgIpc) is 2.27. The van der Waals surface area contributed by atoms with Gasteiger partial charge in [0.25, 0.3) is 0 Å². The van der Waals surface area contributed by atoms with E-state index in [1.54, 1.807) is 0 Å². The summed E-state index contributed by atoms with van der Waals surface area (Å²) in [4.78, 5) is 10.4. The first-order valence-electron chi connectivity index (χ1n) is 4.31. The van der Waals surface area contributed by atoms with Crippen LogP contribution in [0, 0.1) is 5.82 Å². The number of hydrogen-bond acceptors (Lipinski definition) is 4. The first-order valence-corrected chi connectivity index (χ1v) is 4.31. The first-order chi connectivity index (χ1) is 7.10. The fourth-order valence-electron chi connectivity index (χ4n) is 1.17. The van der Waals surface area contributed by atoms with Crippen molar-refractivity contribution in [2.24, 2.45) is 0 Å².